The number of aromatic carboxylic acids is 1. The average molecular weight is 264 g/mol. The van der Waals surface area contributed by atoms with Crippen LogP contribution >= 0.6 is 0 Å². The molecule has 3 rings (SSSR count). The molecule has 20 heavy (non-hydrogen) atoms. The van der Waals surface area contributed by atoms with E-state index in [2.05, 4.69) is 9.97 Å². The second-order valence-electron chi connectivity index (χ2n) is 4.58. The van der Waals surface area contributed by atoms with Gasteiger partial charge in [0.2, 0.25) is 0 Å². The summed E-state index contributed by atoms with van der Waals surface area (Å²) in [6.45, 7) is 1.78. The van der Waals surface area contributed by atoms with Crippen LogP contribution in [0, 0.1) is 6.92 Å². The van der Waals surface area contributed by atoms with Gasteiger partial charge >= 0.3 is 5.97 Å². The monoisotopic (exact) mass is 264 g/mol. The third-order valence-electron chi connectivity index (χ3n) is 3.21. The Morgan fingerprint density at radius 1 is 1.10 bits per heavy atom. The fourth-order valence-corrected chi connectivity index (χ4v) is 2.11. The van der Waals surface area contributed by atoms with Crippen LogP contribution in [0.3, 0.4) is 0 Å². The van der Waals surface area contributed by atoms with Crippen molar-refractivity contribution in [3.63, 3.8) is 0 Å². The predicted octanol–water partition coefficient (Wildman–Crippen LogP) is 3.30. The number of aromatic nitrogens is 2. The minimum atomic E-state index is -0.932. The van der Waals surface area contributed by atoms with Crippen molar-refractivity contribution in [3.05, 3.63) is 59.8 Å². The van der Waals surface area contributed by atoms with Crippen molar-refractivity contribution in [2.24, 2.45) is 0 Å². The molecule has 0 aliphatic carbocycles. The van der Waals surface area contributed by atoms with Crippen molar-refractivity contribution in [2.75, 3.05) is 0 Å². The number of aryl methyl sites for hydroxylation is 1. The number of carboxylic acids is 1. The van der Waals surface area contributed by atoms with Crippen molar-refractivity contribution < 1.29 is 9.90 Å². The number of para-hydroxylation sites is 2. The zero-order chi connectivity index (χ0) is 14.1. The Balaban J connectivity index is 2.15. The summed E-state index contributed by atoms with van der Waals surface area (Å²) in [5.74, 6) is -0.932. The molecular formula is C16H12N2O2. The average Bonchev–Trinajstić information content (AvgIpc) is 2.47. The summed E-state index contributed by atoms with van der Waals surface area (Å²) in [6, 6.07) is 12.9. The number of benzene rings is 2. The fraction of sp³-hybridized carbons (Fsp3) is 0.0625. The highest BCUT2D eigenvalue weighted by Crippen LogP contribution is 2.22. The van der Waals surface area contributed by atoms with Crippen molar-refractivity contribution in [3.8, 4) is 11.3 Å². The lowest BCUT2D eigenvalue weighted by molar-refractivity contribution is 0.0696. The van der Waals surface area contributed by atoms with E-state index in [1.165, 1.54) is 0 Å². The largest absolute Gasteiger partial charge is 0.478 e. The highest BCUT2D eigenvalue weighted by Gasteiger charge is 2.10. The van der Waals surface area contributed by atoms with Gasteiger partial charge in [-0.05, 0) is 30.7 Å². The van der Waals surface area contributed by atoms with Gasteiger partial charge in [0.05, 0.1) is 28.5 Å². The van der Waals surface area contributed by atoms with Gasteiger partial charge in [0.25, 0.3) is 0 Å². The molecule has 1 aromatic heterocycles. The summed E-state index contributed by atoms with van der Waals surface area (Å²) in [6.07, 6.45) is 1.67. The molecule has 0 aliphatic heterocycles. The molecule has 98 valence electrons. The lowest BCUT2D eigenvalue weighted by Gasteiger charge is -2.06. The Morgan fingerprint density at radius 2 is 1.85 bits per heavy atom. The van der Waals surface area contributed by atoms with Gasteiger partial charge in [-0.1, -0.05) is 24.3 Å². The summed E-state index contributed by atoms with van der Waals surface area (Å²) in [7, 11) is 0. The van der Waals surface area contributed by atoms with E-state index < -0.39 is 5.97 Å². The van der Waals surface area contributed by atoms with Gasteiger partial charge in [0.1, 0.15) is 0 Å². The molecule has 0 saturated heterocycles. The highest BCUT2D eigenvalue weighted by atomic mass is 16.4. The number of nitrogens with zero attached hydrogens (tertiary/aromatic N) is 2. The molecule has 0 spiro atoms. The number of carboxylic acid groups (broad SMARTS) is 1. The number of rotatable bonds is 2. The van der Waals surface area contributed by atoms with Crippen LogP contribution in [0.15, 0.2) is 48.7 Å². The third-order valence-corrected chi connectivity index (χ3v) is 3.21. The smallest absolute Gasteiger partial charge is 0.335 e. The van der Waals surface area contributed by atoms with E-state index in [-0.39, 0.29) is 5.56 Å². The van der Waals surface area contributed by atoms with Gasteiger partial charge in [-0.3, -0.25) is 4.98 Å². The molecule has 4 heteroatoms. The summed E-state index contributed by atoms with van der Waals surface area (Å²) in [5.41, 5.74) is 4.06. The van der Waals surface area contributed by atoms with Gasteiger partial charge in [0, 0.05) is 5.56 Å². The summed E-state index contributed by atoms with van der Waals surface area (Å²) in [4.78, 5) is 20.0. The minimum Gasteiger partial charge on any atom is -0.478 e. The summed E-state index contributed by atoms with van der Waals surface area (Å²) in [5, 5.41) is 9.17. The van der Waals surface area contributed by atoms with E-state index in [4.69, 9.17) is 0 Å². The molecule has 0 unspecified atom stereocenters. The topological polar surface area (TPSA) is 63.1 Å². The second kappa shape index (κ2) is 4.74. The SMILES string of the molecule is Cc1ccc(-c2cnc3ccccc3n2)cc1C(=O)O. The predicted molar refractivity (Wildman–Crippen MR) is 76.7 cm³/mol. The zero-order valence-electron chi connectivity index (χ0n) is 10.9. The molecule has 4 nitrogen and oxygen atoms in total. The molecule has 0 saturated carbocycles. The van der Waals surface area contributed by atoms with Crippen LogP contribution in [0.2, 0.25) is 0 Å². The molecule has 0 aliphatic rings. The van der Waals surface area contributed by atoms with Crippen molar-refractivity contribution >= 4 is 17.0 Å². The van der Waals surface area contributed by atoms with Crippen LogP contribution in [0.1, 0.15) is 15.9 Å². The van der Waals surface area contributed by atoms with E-state index in [0.29, 0.717) is 5.69 Å². The van der Waals surface area contributed by atoms with Crippen molar-refractivity contribution in [2.45, 2.75) is 6.92 Å². The van der Waals surface area contributed by atoms with Gasteiger partial charge in [0.15, 0.2) is 0 Å². The number of hydrogen-bond donors (Lipinski definition) is 1. The van der Waals surface area contributed by atoms with Gasteiger partial charge < -0.3 is 5.11 Å². The number of carbonyl (C=O) groups is 1. The molecule has 3 aromatic rings. The first-order valence-electron chi connectivity index (χ1n) is 6.21. The van der Waals surface area contributed by atoms with E-state index in [0.717, 1.165) is 22.2 Å². The molecule has 0 amide bonds. The Labute approximate surface area is 115 Å². The lowest BCUT2D eigenvalue weighted by Crippen LogP contribution is -2.00. The second-order valence-corrected chi connectivity index (χ2v) is 4.58. The standard InChI is InChI=1S/C16H12N2O2/c1-10-6-7-11(8-12(10)16(19)20)15-9-17-13-4-2-3-5-14(13)18-15/h2-9H,1H3,(H,19,20). The molecule has 0 fully saturated rings. The van der Waals surface area contributed by atoms with Gasteiger partial charge in [-0.2, -0.15) is 0 Å². The van der Waals surface area contributed by atoms with Crippen LogP contribution in [0.4, 0.5) is 0 Å². The van der Waals surface area contributed by atoms with Crippen molar-refractivity contribution in [1.82, 2.24) is 9.97 Å². The Hall–Kier alpha value is -2.75. The maximum absolute atomic E-state index is 11.2. The van der Waals surface area contributed by atoms with Crippen LogP contribution < -0.4 is 0 Å². The fourth-order valence-electron chi connectivity index (χ4n) is 2.11. The maximum atomic E-state index is 11.2. The molecule has 1 heterocycles. The molecule has 1 N–H and O–H groups in total. The quantitative estimate of drug-likeness (QED) is 0.771. The van der Waals surface area contributed by atoms with E-state index >= 15 is 0 Å². The van der Waals surface area contributed by atoms with E-state index in [9.17, 15) is 9.90 Å². The van der Waals surface area contributed by atoms with E-state index in [1.54, 1.807) is 25.3 Å². The Kier molecular flexibility index (Phi) is 2.91. The summed E-state index contributed by atoms with van der Waals surface area (Å²) < 4.78 is 0. The minimum absolute atomic E-state index is 0.289. The molecule has 0 bridgehead atoms. The molecule has 2 aromatic carbocycles. The van der Waals surface area contributed by atoms with Crippen LogP contribution in [-0.4, -0.2) is 21.0 Å². The van der Waals surface area contributed by atoms with Gasteiger partial charge in [-0.15, -0.1) is 0 Å². The Bertz CT molecular complexity index is 812. The first-order valence-corrected chi connectivity index (χ1v) is 6.21. The maximum Gasteiger partial charge on any atom is 0.335 e. The highest BCUT2D eigenvalue weighted by molar-refractivity contribution is 5.91. The zero-order valence-corrected chi connectivity index (χ0v) is 10.9. The van der Waals surface area contributed by atoms with Crippen LogP contribution in [-0.2, 0) is 0 Å². The number of fused-ring (bicyclic) bond motifs is 1. The normalized spacial score (nSPS) is 10.7. The third kappa shape index (κ3) is 2.12. The summed E-state index contributed by atoms with van der Waals surface area (Å²) >= 11 is 0. The van der Waals surface area contributed by atoms with Crippen molar-refractivity contribution in [1.29, 1.82) is 0 Å². The first kappa shape index (κ1) is 12.3. The molecular weight excluding hydrogens is 252 g/mol. The Morgan fingerprint density at radius 3 is 2.60 bits per heavy atom. The lowest BCUT2D eigenvalue weighted by atomic mass is 10.0. The number of hydrogen-bond acceptors (Lipinski definition) is 3. The van der Waals surface area contributed by atoms with Gasteiger partial charge in [-0.25, -0.2) is 9.78 Å². The van der Waals surface area contributed by atoms with E-state index in [1.807, 2.05) is 30.3 Å². The van der Waals surface area contributed by atoms with Crippen LogP contribution in [0.5, 0.6) is 0 Å². The molecule has 0 atom stereocenters. The molecule has 0 radical (unpaired) electrons. The first-order chi connectivity index (χ1) is 9.65. The van der Waals surface area contributed by atoms with Crippen LogP contribution in [0.25, 0.3) is 22.3 Å².